The number of carbonyl (C=O) groups is 1. The lowest BCUT2D eigenvalue weighted by molar-refractivity contribution is -0.137. The van der Waals surface area contributed by atoms with E-state index in [0.717, 1.165) is 34.4 Å². The topological polar surface area (TPSA) is 76.1 Å². The molecule has 1 aliphatic carbocycles. The second-order valence-corrected chi connectivity index (χ2v) is 11.4. The molecule has 0 spiro atoms. The summed E-state index contributed by atoms with van der Waals surface area (Å²) < 4.78 is 47.1. The molecule has 0 fully saturated rings. The molecule has 0 aliphatic heterocycles. The Hall–Kier alpha value is -4.44. The smallest absolute Gasteiger partial charge is 0.416 e. The maximum atomic E-state index is 13.3. The van der Waals surface area contributed by atoms with Gasteiger partial charge in [-0.05, 0) is 67.7 Å². The lowest BCUT2D eigenvalue weighted by Gasteiger charge is -2.21. The van der Waals surface area contributed by atoms with E-state index >= 15 is 0 Å². The SMILES string of the molecule is CCc1c(-c2ccc(C(F)(F)F)cc2)cc(Oc2cccc3sc(NC(C)=O)nc23)nc1NC(C)C1=CC=CCC(C)=C1. The fourth-order valence-electron chi connectivity index (χ4n) is 4.88. The largest absolute Gasteiger partial charge is 0.437 e. The van der Waals surface area contributed by atoms with Gasteiger partial charge in [0.25, 0.3) is 0 Å². The van der Waals surface area contributed by atoms with E-state index < -0.39 is 11.7 Å². The molecule has 5 rings (SSSR count). The van der Waals surface area contributed by atoms with Crippen molar-refractivity contribution in [2.24, 2.45) is 0 Å². The Labute approximate surface area is 252 Å². The van der Waals surface area contributed by atoms with E-state index in [0.29, 0.717) is 39.8 Å². The van der Waals surface area contributed by atoms with Crippen LogP contribution in [0.4, 0.5) is 24.1 Å². The molecule has 2 aromatic carbocycles. The zero-order valence-corrected chi connectivity index (χ0v) is 25.0. The van der Waals surface area contributed by atoms with Crippen molar-refractivity contribution < 1.29 is 22.7 Å². The number of allylic oxidation sites excluding steroid dienone is 4. The minimum absolute atomic E-state index is 0.117. The molecule has 0 saturated heterocycles. The third-order valence-corrected chi connectivity index (χ3v) is 7.92. The predicted octanol–water partition coefficient (Wildman–Crippen LogP) is 9.32. The summed E-state index contributed by atoms with van der Waals surface area (Å²) in [5.41, 5.74) is 4.33. The summed E-state index contributed by atoms with van der Waals surface area (Å²) in [6.45, 7) is 7.53. The van der Waals surface area contributed by atoms with Crippen molar-refractivity contribution in [1.82, 2.24) is 9.97 Å². The Morgan fingerprint density at radius 3 is 2.60 bits per heavy atom. The fraction of sp³-hybridized carbons (Fsp3) is 0.242. The predicted molar refractivity (Wildman–Crippen MR) is 167 cm³/mol. The molecule has 2 N–H and O–H groups in total. The molecule has 10 heteroatoms. The summed E-state index contributed by atoms with van der Waals surface area (Å²) in [6, 6.07) is 12.2. The minimum atomic E-state index is -4.43. The van der Waals surface area contributed by atoms with Crippen LogP contribution in [-0.4, -0.2) is 21.9 Å². The Balaban J connectivity index is 1.59. The average Bonchev–Trinajstić information content (AvgIpc) is 3.23. The molecule has 6 nitrogen and oxygen atoms in total. The molecule has 1 unspecified atom stereocenters. The number of hydrogen-bond acceptors (Lipinski definition) is 6. The molecule has 0 bridgehead atoms. The number of rotatable bonds is 8. The summed E-state index contributed by atoms with van der Waals surface area (Å²) in [5, 5.41) is 6.69. The van der Waals surface area contributed by atoms with Gasteiger partial charge in [0.1, 0.15) is 11.3 Å². The Kier molecular flexibility index (Phi) is 8.68. The second-order valence-electron chi connectivity index (χ2n) is 10.3. The summed E-state index contributed by atoms with van der Waals surface area (Å²) in [5.74, 6) is 1.04. The highest BCUT2D eigenvalue weighted by Gasteiger charge is 2.30. The van der Waals surface area contributed by atoms with Gasteiger partial charge in [-0.2, -0.15) is 18.2 Å². The van der Waals surface area contributed by atoms with Crippen molar-refractivity contribution in [1.29, 1.82) is 0 Å². The van der Waals surface area contributed by atoms with Crippen molar-refractivity contribution in [3.05, 3.63) is 95.1 Å². The molecule has 0 saturated carbocycles. The molecule has 4 aromatic rings. The van der Waals surface area contributed by atoms with Crippen LogP contribution >= 0.6 is 11.3 Å². The number of amides is 1. The van der Waals surface area contributed by atoms with E-state index in [2.05, 4.69) is 40.8 Å². The van der Waals surface area contributed by atoms with Gasteiger partial charge >= 0.3 is 6.18 Å². The monoisotopic (exact) mass is 604 g/mol. The number of para-hydroxylation sites is 1. The number of ether oxygens (including phenoxy) is 1. The summed E-state index contributed by atoms with van der Waals surface area (Å²) in [6.07, 6.45) is 5.37. The van der Waals surface area contributed by atoms with E-state index in [-0.39, 0.29) is 17.8 Å². The Morgan fingerprint density at radius 1 is 1.14 bits per heavy atom. The van der Waals surface area contributed by atoms with Gasteiger partial charge in [-0.3, -0.25) is 4.79 Å². The van der Waals surface area contributed by atoms with Gasteiger partial charge in [0, 0.05) is 24.6 Å². The molecule has 2 aromatic heterocycles. The maximum absolute atomic E-state index is 13.3. The van der Waals surface area contributed by atoms with Gasteiger partial charge in [0.2, 0.25) is 11.8 Å². The first-order chi connectivity index (χ1) is 20.5. The average molecular weight is 605 g/mol. The molecule has 2 heterocycles. The standard InChI is InChI=1S/C33H31F3N4O2S/c1-5-25-26(22-13-15-24(16-14-22)33(34,35)36)18-29(39-31(25)37-20(3)23-10-7-6-9-19(2)17-23)42-27-11-8-12-28-30(27)40-32(43-28)38-21(4)41/h6-8,10-18,20H,5,9H2,1-4H3,(H,37,39)(H,38,40,41). The molecular formula is C33H31F3N4O2S. The van der Waals surface area contributed by atoms with Crippen LogP contribution in [0.2, 0.25) is 0 Å². The first kappa shape index (κ1) is 30.0. The van der Waals surface area contributed by atoms with Crippen molar-refractivity contribution >= 4 is 38.4 Å². The molecule has 222 valence electrons. The lowest BCUT2D eigenvalue weighted by Crippen LogP contribution is -2.19. The van der Waals surface area contributed by atoms with Gasteiger partial charge < -0.3 is 15.4 Å². The zero-order valence-electron chi connectivity index (χ0n) is 24.2. The first-order valence-corrected chi connectivity index (χ1v) is 14.7. The number of pyridine rings is 1. The van der Waals surface area contributed by atoms with Crippen molar-refractivity contribution in [2.45, 2.75) is 52.8 Å². The number of anilines is 2. The fourth-order valence-corrected chi connectivity index (χ4v) is 5.81. The number of nitrogens with zero attached hydrogens (tertiary/aromatic N) is 2. The zero-order chi connectivity index (χ0) is 30.7. The molecule has 1 amide bonds. The van der Waals surface area contributed by atoms with Gasteiger partial charge in [0.05, 0.1) is 10.3 Å². The highest BCUT2D eigenvalue weighted by atomic mass is 32.1. The van der Waals surface area contributed by atoms with Crippen LogP contribution in [0.5, 0.6) is 11.6 Å². The van der Waals surface area contributed by atoms with Gasteiger partial charge in [-0.15, -0.1) is 0 Å². The van der Waals surface area contributed by atoms with Gasteiger partial charge in [-0.1, -0.05) is 66.3 Å². The van der Waals surface area contributed by atoms with Crippen LogP contribution < -0.4 is 15.4 Å². The minimum Gasteiger partial charge on any atom is -0.437 e. The normalized spacial score (nSPS) is 14.1. The number of aromatic nitrogens is 2. The van der Waals surface area contributed by atoms with Crippen LogP contribution in [-0.2, 0) is 17.4 Å². The highest BCUT2D eigenvalue weighted by Crippen LogP contribution is 2.39. The van der Waals surface area contributed by atoms with Crippen LogP contribution in [0.1, 0.15) is 45.2 Å². The summed E-state index contributed by atoms with van der Waals surface area (Å²) in [4.78, 5) is 21.0. The van der Waals surface area contributed by atoms with E-state index in [4.69, 9.17) is 9.72 Å². The van der Waals surface area contributed by atoms with Crippen molar-refractivity contribution in [3.63, 3.8) is 0 Å². The number of fused-ring (bicyclic) bond motifs is 1. The number of hydrogen-bond donors (Lipinski definition) is 2. The quantitative estimate of drug-likeness (QED) is 0.210. The molecule has 43 heavy (non-hydrogen) atoms. The summed E-state index contributed by atoms with van der Waals surface area (Å²) >= 11 is 1.32. The molecule has 1 atom stereocenters. The number of nitrogens with one attached hydrogen (secondary N) is 2. The van der Waals surface area contributed by atoms with Crippen LogP contribution in [0.25, 0.3) is 21.3 Å². The van der Waals surface area contributed by atoms with Crippen LogP contribution in [0, 0.1) is 0 Å². The van der Waals surface area contributed by atoms with Crippen molar-refractivity contribution in [2.75, 3.05) is 10.6 Å². The Bertz CT molecular complexity index is 1750. The number of thiazole rings is 1. The third-order valence-electron chi connectivity index (χ3n) is 6.99. The number of alkyl halides is 3. The third kappa shape index (κ3) is 6.97. The van der Waals surface area contributed by atoms with E-state index in [1.165, 1.54) is 36.0 Å². The van der Waals surface area contributed by atoms with Crippen LogP contribution in [0.15, 0.2) is 84.0 Å². The number of benzene rings is 2. The first-order valence-electron chi connectivity index (χ1n) is 13.9. The summed E-state index contributed by atoms with van der Waals surface area (Å²) in [7, 11) is 0. The number of carbonyl (C=O) groups excluding carboxylic acids is 1. The second kappa shape index (κ2) is 12.4. The van der Waals surface area contributed by atoms with E-state index in [1.807, 2.05) is 32.1 Å². The Morgan fingerprint density at radius 2 is 1.91 bits per heavy atom. The number of halogens is 3. The van der Waals surface area contributed by atoms with Gasteiger partial charge in [0.15, 0.2) is 10.9 Å². The maximum Gasteiger partial charge on any atom is 0.416 e. The van der Waals surface area contributed by atoms with Gasteiger partial charge in [-0.25, -0.2) is 4.98 Å². The van der Waals surface area contributed by atoms with Crippen LogP contribution in [0.3, 0.4) is 0 Å². The lowest BCUT2D eigenvalue weighted by atomic mass is 9.97. The highest BCUT2D eigenvalue weighted by molar-refractivity contribution is 7.22. The molecular weight excluding hydrogens is 573 g/mol. The van der Waals surface area contributed by atoms with E-state index in [9.17, 15) is 18.0 Å². The van der Waals surface area contributed by atoms with E-state index in [1.54, 1.807) is 12.1 Å². The van der Waals surface area contributed by atoms with Crippen molar-refractivity contribution in [3.8, 4) is 22.8 Å². The molecule has 1 aliphatic rings. The molecule has 0 radical (unpaired) electrons.